The maximum absolute atomic E-state index is 5.75. The lowest BCUT2D eigenvalue weighted by Crippen LogP contribution is -2.35. The van der Waals surface area contributed by atoms with Crippen LogP contribution in [0, 0.1) is 26.7 Å². The van der Waals surface area contributed by atoms with Gasteiger partial charge in [-0.15, -0.1) is 12.4 Å². The number of likely N-dealkylation sites (tertiary alicyclic amines) is 1. The van der Waals surface area contributed by atoms with Gasteiger partial charge in [-0.1, -0.05) is 17.7 Å². The Morgan fingerprint density at radius 1 is 1.11 bits per heavy atom. The second-order valence-electron chi connectivity index (χ2n) is 5.83. The van der Waals surface area contributed by atoms with Crippen molar-refractivity contribution in [1.29, 1.82) is 0 Å². The highest BCUT2D eigenvalue weighted by molar-refractivity contribution is 5.85. The summed E-state index contributed by atoms with van der Waals surface area (Å²) in [7, 11) is 0. The molecule has 0 bridgehead atoms. The van der Waals surface area contributed by atoms with E-state index >= 15 is 0 Å². The lowest BCUT2D eigenvalue weighted by atomic mass is 9.95. The molecule has 0 aromatic heterocycles. The quantitative estimate of drug-likeness (QED) is 0.922. The number of nitrogens with two attached hydrogens (primary N) is 1. The molecule has 1 aromatic rings. The Kier molecular flexibility index (Phi) is 6.31. The van der Waals surface area contributed by atoms with Crippen molar-refractivity contribution in [2.24, 2.45) is 11.7 Å². The molecule has 1 heterocycles. The van der Waals surface area contributed by atoms with Crippen LogP contribution in [0.25, 0.3) is 0 Å². The van der Waals surface area contributed by atoms with Gasteiger partial charge in [0.1, 0.15) is 0 Å². The first-order valence-electron chi connectivity index (χ1n) is 7.09. The van der Waals surface area contributed by atoms with Crippen molar-refractivity contribution >= 4 is 12.4 Å². The highest BCUT2D eigenvalue weighted by Crippen LogP contribution is 2.22. The minimum Gasteiger partial charge on any atom is -0.330 e. The molecule has 0 saturated carbocycles. The van der Waals surface area contributed by atoms with Crippen molar-refractivity contribution in [2.45, 2.75) is 40.2 Å². The van der Waals surface area contributed by atoms with Gasteiger partial charge in [0.05, 0.1) is 0 Å². The van der Waals surface area contributed by atoms with Gasteiger partial charge >= 0.3 is 0 Å². The van der Waals surface area contributed by atoms with Crippen LogP contribution >= 0.6 is 12.4 Å². The molecule has 108 valence electrons. The van der Waals surface area contributed by atoms with Crippen molar-refractivity contribution < 1.29 is 0 Å². The van der Waals surface area contributed by atoms with Gasteiger partial charge in [0.25, 0.3) is 0 Å². The number of piperidine rings is 1. The fourth-order valence-electron chi connectivity index (χ4n) is 3.06. The molecule has 0 unspecified atom stereocenters. The van der Waals surface area contributed by atoms with Gasteiger partial charge in [0.15, 0.2) is 0 Å². The van der Waals surface area contributed by atoms with Crippen LogP contribution in [0.1, 0.15) is 35.1 Å². The number of hydrogen-bond acceptors (Lipinski definition) is 2. The summed E-state index contributed by atoms with van der Waals surface area (Å²) in [6.07, 6.45) is 2.53. The maximum Gasteiger partial charge on any atom is 0.0238 e. The lowest BCUT2D eigenvalue weighted by Gasteiger charge is -2.32. The molecule has 3 heteroatoms. The summed E-state index contributed by atoms with van der Waals surface area (Å²) >= 11 is 0. The predicted octanol–water partition coefficient (Wildman–Crippen LogP) is 3.20. The predicted molar refractivity (Wildman–Crippen MR) is 85.0 cm³/mol. The van der Waals surface area contributed by atoms with Crippen LogP contribution in [0.5, 0.6) is 0 Å². The van der Waals surface area contributed by atoms with Gasteiger partial charge in [-0.05, 0) is 75.9 Å². The van der Waals surface area contributed by atoms with Crippen LogP contribution in [0.3, 0.4) is 0 Å². The van der Waals surface area contributed by atoms with Gasteiger partial charge < -0.3 is 5.73 Å². The number of nitrogens with zero attached hydrogens (tertiary/aromatic N) is 1. The van der Waals surface area contributed by atoms with Crippen LogP contribution in [0.15, 0.2) is 12.1 Å². The van der Waals surface area contributed by atoms with Gasteiger partial charge in [-0.25, -0.2) is 0 Å². The zero-order valence-electron chi connectivity index (χ0n) is 12.4. The standard InChI is InChI=1S/C16H26N2.ClH/c1-12-8-13(2)16(14(3)9-12)11-18-6-4-15(10-17)5-7-18;/h8-9,15H,4-7,10-11,17H2,1-3H3;1H. The zero-order valence-corrected chi connectivity index (χ0v) is 13.2. The fourth-order valence-corrected chi connectivity index (χ4v) is 3.06. The highest BCUT2D eigenvalue weighted by atomic mass is 35.5. The average molecular weight is 283 g/mol. The van der Waals surface area contributed by atoms with Gasteiger partial charge in [0, 0.05) is 6.54 Å². The van der Waals surface area contributed by atoms with Crippen LogP contribution in [0.2, 0.25) is 0 Å². The molecule has 0 aliphatic carbocycles. The van der Waals surface area contributed by atoms with Crippen molar-refractivity contribution in [3.05, 3.63) is 34.4 Å². The average Bonchev–Trinajstić information content (AvgIpc) is 2.34. The largest absolute Gasteiger partial charge is 0.330 e. The van der Waals surface area contributed by atoms with Gasteiger partial charge in [0.2, 0.25) is 0 Å². The molecule has 0 atom stereocenters. The van der Waals surface area contributed by atoms with Crippen LogP contribution in [-0.2, 0) is 6.54 Å². The lowest BCUT2D eigenvalue weighted by molar-refractivity contribution is 0.180. The van der Waals surface area contributed by atoms with E-state index in [2.05, 4.69) is 37.8 Å². The van der Waals surface area contributed by atoms with Crippen molar-refractivity contribution in [1.82, 2.24) is 4.90 Å². The molecule has 1 aromatic carbocycles. The molecule has 1 saturated heterocycles. The summed E-state index contributed by atoms with van der Waals surface area (Å²) in [5, 5.41) is 0. The molecule has 1 aliphatic rings. The molecule has 1 aliphatic heterocycles. The number of halogens is 1. The Hall–Kier alpha value is -0.570. The van der Waals surface area contributed by atoms with Crippen LogP contribution < -0.4 is 5.73 Å². The Morgan fingerprint density at radius 3 is 2.11 bits per heavy atom. The Balaban J connectivity index is 0.00000180. The molecular formula is C16H27ClN2. The molecule has 19 heavy (non-hydrogen) atoms. The van der Waals surface area contributed by atoms with Gasteiger partial charge in [-0.2, -0.15) is 0 Å². The Morgan fingerprint density at radius 2 is 1.63 bits per heavy atom. The minimum atomic E-state index is 0. The molecule has 1 fully saturated rings. The molecule has 2 nitrogen and oxygen atoms in total. The summed E-state index contributed by atoms with van der Waals surface area (Å²) in [6, 6.07) is 4.60. The molecule has 2 N–H and O–H groups in total. The molecule has 0 spiro atoms. The summed E-state index contributed by atoms with van der Waals surface area (Å²) in [5.74, 6) is 0.751. The monoisotopic (exact) mass is 282 g/mol. The Bertz CT molecular complexity index is 386. The highest BCUT2D eigenvalue weighted by Gasteiger charge is 2.19. The van der Waals surface area contributed by atoms with Crippen molar-refractivity contribution in [3.63, 3.8) is 0 Å². The third-order valence-corrected chi connectivity index (χ3v) is 4.26. The first kappa shape index (κ1) is 16.5. The molecule has 2 rings (SSSR count). The first-order chi connectivity index (χ1) is 8.60. The van der Waals surface area contributed by atoms with E-state index in [0.717, 1.165) is 19.0 Å². The second-order valence-corrected chi connectivity index (χ2v) is 5.83. The van der Waals surface area contributed by atoms with E-state index in [9.17, 15) is 0 Å². The van der Waals surface area contributed by atoms with E-state index in [4.69, 9.17) is 5.73 Å². The summed E-state index contributed by atoms with van der Waals surface area (Å²) in [5.41, 5.74) is 11.5. The maximum atomic E-state index is 5.75. The molecule has 0 amide bonds. The van der Waals surface area contributed by atoms with Gasteiger partial charge in [-0.3, -0.25) is 4.90 Å². The molecule has 0 radical (unpaired) electrons. The third kappa shape index (κ3) is 4.20. The van der Waals surface area contributed by atoms with E-state index in [-0.39, 0.29) is 12.4 Å². The van der Waals surface area contributed by atoms with E-state index in [1.165, 1.54) is 48.2 Å². The first-order valence-corrected chi connectivity index (χ1v) is 7.09. The third-order valence-electron chi connectivity index (χ3n) is 4.26. The normalized spacial score (nSPS) is 17.3. The van der Waals surface area contributed by atoms with E-state index < -0.39 is 0 Å². The number of rotatable bonds is 3. The number of benzene rings is 1. The summed E-state index contributed by atoms with van der Waals surface area (Å²) < 4.78 is 0. The fraction of sp³-hybridized carbons (Fsp3) is 0.625. The van der Waals surface area contributed by atoms with Crippen molar-refractivity contribution in [2.75, 3.05) is 19.6 Å². The van der Waals surface area contributed by atoms with Crippen LogP contribution in [0.4, 0.5) is 0 Å². The summed E-state index contributed by atoms with van der Waals surface area (Å²) in [4.78, 5) is 2.58. The smallest absolute Gasteiger partial charge is 0.0238 e. The molecular weight excluding hydrogens is 256 g/mol. The minimum absolute atomic E-state index is 0. The van der Waals surface area contributed by atoms with E-state index in [0.29, 0.717) is 0 Å². The summed E-state index contributed by atoms with van der Waals surface area (Å²) in [6.45, 7) is 11.0. The number of hydrogen-bond donors (Lipinski definition) is 1. The number of aryl methyl sites for hydroxylation is 3. The van der Waals surface area contributed by atoms with E-state index in [1.54, 1.807) is 0 Å². The zero-order chi connectivity index (χ0) is 13.1. The van der Waals surface area contributed by atoms with Crippen LogP contribution in [-0.4, -0.2) is 24.5 Å². The topological polar surface area (TPSA) is 29.3 Å². The van der Waals surface area contributed by atoms with Crippen molar-refractivity contribution in [3.8, 4) is 0 Å². The second kappa shape index (κ2) is 7.28. The Labute approximate surface area is 123 Å². The SMILES string of the molecule is Cc1cc(C)c(CN2CCC(CN)CC2)c(C)c1.Cl. The van der Waals surface area contributed by atoms with E-state index in [1.807, 2.05) is 0 Å².